The van der Waals surface area contributed by atoms with Crippen LogP contribution in [0.1, 0.15) is 43.0 Å². The van der Waals surface area contributed by atoms with Crippen molar-refractivity contribution in [2.45, 2.75) is 63.8 Å². The lowest BCUT2D eigenvalue weighted by Crippen LogP contribution is -2.57. The fraction of sp³-hybridized carbons (Fsp3) is 0.297. The molecule has 1 aromatic heterocycles. The summed E-state index contributed by atoms with van der Waals surface area (Å²) in [5.74, 6) is -1.55. The number of hydrogen-bond acceptors (Lipinski definition) is 5. The summed E-state index contributed by atoms with van der Waals surface area (Å²) >= 11 is 0. The molecule has 3 amide bonds. The van der Waals surface area contributed by atoms with E-state index in [1.807, 2.05) is 92.0 Å². The van der Waals surface area contributed by atoms with E-state index in [1.54, 1.807) is 13.8 Å². The summed E-state index contributed by atoms with van der Waals surface area (Å²) in [5, 5.41) is 9.55. The average molecular weight is 619 g/mol. The predicted molar refractivity (Wildman–Crippen MR) is 176 cm³/mol. The second kappa shape index (κ2) is 12.8. The Balaban J connectivity index is 1.21. The van der Waals surface area contributed by atoms with E-state index >= 15 is 0 Å². The first-order chi connectivity index (χ1) is 22.1. The predicted octanol–water partition coefficient (Wildman–Crippen LogP) is 3.82. The van der Waals surface area contributed by atoms with E-state index in [0.717, 1.165) is 38.7 Å². The van der Waals surface area contributed by atoms with Gasteiger partial charge in [-0.2, -0.15) is 0 Å². The molecule has 4 atom stereocenters. The zero-order chi connectivity index (χ0) is 32.4. The maximum Gasteiger partial charge on any atom is 0.248 e. The molecule has 1 aliphatic heterocycles. The molecule has 1 saturated heterocycles. The Labute approximate surface area is 267 Å². The second-order valence-electron chi connectivity index (χ2n) is 12.4. The molecule has 6 rings (SSSR count). The maximum atomic E-state index is 14.0. The Morgan fingerprint density at radius 1 is 0.848 bits per heavy atom. The van der Waals surface area contributed by atoms with Gasteiger partial charge in [0.15, 0.2) is 5.78 Å². The molecule has 0 radical (unpaired) electrons. The van der Waals surface area contributed by atoms with Crippen LogP contribution < -0.4 is 16.0 Å². The molecule has 0 saturated carbocycles. The minimum Gasteiger partial charge on any atom is -0.361 e. The van der Waals surface area contributed by atoms with E-state index in [9.17, 15) is 19.2 Å². The van der Waals surface area contributed by atoms with Crippen molar-refractivity contribution in [1.82, 2.24) is 20.9 Å². The minimum atomic E-state index is -1.03. The van der Waals surface area contributed by atoms with Crippen molar-refractivity contribution in [3.05, 3.63) is 113 Å². The minimum absolute atomic E-state index is 0.168. The third kappa shape index (κ3) is 6.50. The molecule has 3 aromatic carbocycles. The lowest BCUT2D eigenvalue weighted by atomic mass is 9.94. The van der Waals surface area contributed by atoms with Gasteiger partial charge >= 0.3 is 0 Å². The highest BCUT2D eigenvalue weighted by atomic mass is 16.6. The number of aromatic nitrogens is 1. The maximum absolute atomic E-state index is 14.0. The van der Waals surface area contributed by atoms with E-state index in [2.05, 4.69) is 20.9 Å². The van der Waals surface area contributed by atoms with Gasteiger partial charge in [0, 0.05) is 35.5 Å². The van der Waals surface area contributed by atoms with Crippen LogP contribution in [0.5, 0.6) is 0 Å². The molecule has 0 spiro atoms. The summed E-state index contributed by atoms with van der Waals surface area (Å²) in [7, 11) is 0. The highest BCUT2D eigenvalue weighted by molar-refractivity contribution is 6.05. The number of aromatic amines is 1. The molecule has 0 bridgehead atoms. The number of H-pyrrole nitrogens is 1. The molecule has 2 heterocycles. The van der Waals surface area contributed by atoms with Crippen LogP contribution in [0, 0.1) is 0 Å². The average Bonchev–Trinajstić information content (AvgIpc) is 3.55. The molecular formula is C37H38N4O5. The third-order valence-corrected chi connectivity index (χ3v) is 9.00. The van der Waals surface area contributed by atoms with Gasteiger partial charge in [-0.05, 0) is 61.1 Å². The van der Waals surface area contributed by atoms with E-state index in [1.165, 1.54) is 0 Å². The zero-order valence-corrected chi connectivity index (χ0v) is 26.2. The summed E-state index contributed by atoms with van der Waals surface area (Å²) in [6.45, 7) is 5.52. The molecule has 4 aromatic rings. The molecule has 1 aliphatic carbocycles. The molecule has 9 heteroatoms. The fourth-order valence-corrected chi connectivity index (χ4v) is 6.10. The largest absolute Gasteiger partial charge is 0.361 e. The van der Waals surface area contributed by atoms with Gasteiger partial charge in [0.1, 0.15) is 17.7 Å². The van der Waals surface area contributed by atoms with Crippen LogP contribution >= 0.6 is 0 Å². The van der Waals surface area contributed by atoms with Crippen molar-refractivity contribution in [2.24, 2.45) is 0 Å². The monoisotopic (exact) mass is 618 g/mol. The second-order valence-corrected chi connectivity index (χ2v) is 12.4. The molecule has 236 valence electrons. The Kier molecular flexibility index (Phi) is 8.60. The first-order valence-corrected chi connectivity index (χ1v) is 15.6. The molecule has 2 aliphatic rings. The number of ether oxygens (including phenoxy) is 1. The van der Waals surface area contributed by atoms with Crippen LogP contribution in [0.15, 0.2) is 90.6 Å². The first kappa shape index (κ1) is 31.0. The number of Topliss-reactive ketones (excluding diaryl/α,β-unsaturated/α-hetero) is 1. The Hall–Kier alpha value is -5.02. The van der Waals surface area contributed by atoms with Gasteiger partial charge in [0.25, 0.3) is 0 Å². The Morgan fingerprint density at radius 2 is 1.52 bits per heavy atom. The number of amides is 3. The van der Waals surface area contributed by atoms with Crippen LogP contribution in [-0.4, -0.2) is 58.8 Å². The van der Waals surface area contributed by atoms with Crippen molar-refractivity contribution in [2.75, 3.05) is 6.61 Å². The summed E-state index contributed by atoms with van der Waals surface area (Å²) in [6.07, 6.45) is 2.76. The molecule has 1 fully saturated rings. The number of carbonyl (C=O) groups is 4. The van der Waals surface area contributed by atoms with E-state index < -0.39 is 35.5 Å². The smallest absolute Gasteiger partial charge is 0.248 e. The van der Waals surface area contributed by atoms with Crippen molar-refractivity contribution < 1.29 is 23.9 Å². The summed E-state index contributed by atoms with van der Waals surface area (Å²) in [6, 6.07) is 22.2. The van der Waals surface area contributed by atoms with Gasteiger partial charge in [-0.3, -0.25) is 19.2 Å². The standard InChI is InChI=1S/C37H38N4O5/c1-22-27-14-8-7-13-25(27)18-29(22)35(44)39-23(2)34(43)41-32(19-26-20-38-30-16-10-9-15-28(26)30)36(45)40-31(33(42)37(3)21-46-37)17-24-11-5-4-6-12-24/h4-16,20,23,31-32,38H,17-19,21H2,1-3H3,(H,39,44)(H,40,45)(H,41,43)/t23-,31?,32+,37-/m1/s1. The van der Waals surface area contributed by atoms with Gasteiger partial charge in [0.05, 0.1) is 12.6 Å². The van der Waals surface area contributed by atoms with Gasteiger partial charge in [-0.1, -0.05) is 72.8 Å². The van der Waals surface area contributed by atoms with Crippen LogP contribution in [0.4, 0.5) is 0 Å². The number of allylic oxidation sites excluding steroid dienone is 1. The van der Waals surface area contributed by atoms with E-state index in [4.69, 9.17) is 4.74 Å². The molecule has 1 unspecified atom stereocenters. The van der Waals surface area contributed by atoms with Crippen LogP contribution in [0.3, 0.4) is 0 Å². The molecular weight excluding hydrogens is 580 g/mol. The SMILES string of the molecule is CC1=C(C(=O)N[C@H](C)C(=O)N[C@@H](Cc2c[nH]c3ccccc23)C(=O)NC(Cc2ccccc2)C(=O)[C@@]2(C)CO2)Cc2ccccc21. The Morgan fingerprint density at radius 3 is 2.26 bits per heavy atom. The van der Waals surface area contributed by atoms with Crippen molar-refractivity contribution in [3.8, 4) is 0 Å². The number of rotatable bonds is 12. The summed E-state index contributed by atoms with van der Waals surface area (Å²) in [5.41, 5.74) is 5.28. The first-order valence-electron chi connectivity index (χ1n) is 15.6. The van der Waals surface area contributed by atoms with E-state index in [-0.39, 0.29) is 24.5 Å². The quantitative estimate of drug-likeness (QED) is 0.179. The van der Waals surface area contributed by atoms with Gasteiger partial charge in [-0.25, -0.2) is 0 Å². The topological polar surface area (TPSA) is 133 Å². The lowest BCUT2D eigenvalue weighted by Gasteiger charge is -2.25. The number of benzene rings is 3. The zero-order valence-electron chi connectivity index (χ0n) is 26.2. The third-order valence-electron chi connectivity index (χ3n) is 9.00. The van der Waals surface area contributed by atoms with Crippen molar-refractivity contribution in [1.29, 1.82) is 0 Å². The summed E-state index contributed by atoms with van der Waals surface area (Å²) in [4.78, 5) is 57.5. The van der Waals surface area contributed by atoms with Gasteiger partial charge < -0.3 is 25.7 Å². The number of epoxide rings is 1. The Bertz CT molecular complexity index is 1840. The van der Waals surface area contributed by atoms with Gasteiger partial charge in [0.2, 0.25) is 17.7 Å². The normalized spacial score (nSPS) is 18.8. The molecule has 4 N–H and O–H groups in total. The summed E-state index contributed by atoms with van der Waals surface area (Å²) < 4.78 is 5.44. The van der Waals surface area contributed by atoms with E-state index in [0.29, 0.717) is 18.6 Å². The lowest BCUT2D eigenvalue weighted by molar-refractivity contribution is -0.133. The number of para-hydroxylation sites is 1. The van der Waals surface area contributed by atoms with Crippen molar-refractivity contribution >= 4 is 40.0 Å². The van der Waals surface area contributed by atoms with Crippen LogP contribution in [0.2, 0.25) is 0 Å². The highest BCUT2D eigenvalue weighted by Crippen LogP contribution is 2.32. The number of ketones is 1. The van der Waals surface area contributed by atoms with Gasteiger partial charge in [-0.15, -0.1) is 0 Å². The fourth-order valence-electron chi connectivity index (χ4n) is 6.10. The number of fused-ring (bicyclic) bond motifs is 2. The molecule has 46 heavy (non-hydrogen) atoms. The molecule has 9 nitrogen and oxygen atoms in total. The van der Waals surface area contributed by atoms with Crippen LogP contribution in [0.25, 0.3) is 16.5 Å². The number of hydrogen-bond donors (Lipinski definition) is 4. The van der Waals surface area contributed by atoms with Crippen molar-refractivity contribution in [3.63, 3.8) is 0 Å². The highest BCUT2D eigenvalue weighted by Gasteiger charge is 2.50. The number of carbonyl (C=O) groups excluding carboxylic acids is 4. The number of nitrogens with one attached hydrogen (secondary N) is 4. The van der Waals surface area contributed by atoms with Crippen LogP contribution in [-0.2, 0) is 43.2 Å².